The highest BCUT2D eigenvalue weighted by Gasteiger charge is 2.44. The van der Waals surface area contributed by atoms with Gasteiger partial charge in [0.2, 0.25) is 0 Å². The molecule has 244 valence electrons. The molecule has 0 bridgehead atoms. The standard InChI is InChI=1S/C29H33F9N4O2/c1-4-8-40-9-6-23(7-10-40)41(5-2)25-19(13-22(15-39-25)29(36,37)38)16-42-17(3)24(44-26(42)43)18-11-20(27(30,31)32)14-21(12-18)28(33,34)35/h11-15,17,23-24H,4-10,16H2,1-3H3/t17-,24-/m0/s1. The lowest BCUT2D eigenvalue weighted by atomic mass is 9.97. The van der Waals surface area contributed by atoms with Crippen LogP contribution < -0.4 is 4.90 Å². The van der Waals surface area contributed by atoms with Crippen LogP contribution in [0.1, 0.15) is 74.0 Å². The Morgan fingerprint density at radius 1 is 0.886 bits per heavy atom. The number of cyclic esters (lactones) is 1. The molecule has 1 aromatic heterocycles. The molecule has 0 aliphatic carbocycles. The van der Waals surface area contributed by atoms with Gasteiger partial charge in [-0.2, -0.15) is 39.5 Å². The molecule has 15 heteroatoms. The molecule has 2 aromatic rings. The van der Waals surface area contributed by atoms with E-state index in [0.717, 1.165) is 49.9 Å². The number of alkyl halides is 9. The van der Waals surface area contributed by atoms with Crippen molar-refractivity contribution in [2.45, 2.75) is 83.3 Å². The molecule has 2 aliphatic rings. The van der Waals surface area contributed by atoms with E-state index in [1.807, 2.05) is 11.8 Å². The third-order valence-electron chi connectivity index (χ3n) is 8.09. The number of ether oxygens (including phenoxy) is 1. The van der Waals surface area contributed by atoms with Crippen LogP contribution in [0.2, 0.25) is 0 Å². The number of carbonyl (C=O) groups is 1. The van der Waals surface area contributed by atoms with Crippen molar-refractivity contribution < 1.29 is 49.0 Å². The molecule has 0 radical (unpaired) electrons. The minimum atomic E-state index is -5.11. The van der Waals surface area contributed by atoms with Crippen molar-refractivity contribution in [2.24, 2.45) is 0 Å². The summed E-state index contributed by atoms with van der Waals surface area (Å²) < 4.78 is 127. The van der Waals surface area contributed by atoms with Crippen LogP contribution in [0.25, 0.3) is 0 Å². The topological polar surface area (TPSA) is 48.9 Å². The fourth-order valence-corrected chi connectivity index (χ4v) is 5.87. The molecule has 4 rings (SSSR count). The molecular weight excluding hydrogens is 607 g/mol. The first-order chi connectivity index (χ1) is 20.4. The third-order valence-corrected chi connectivity index (χ3v) is 8.09. The number of hydrogen-bond acceptors (Lipinski definition) is 5. The number of amides is 1. The highest BCUT2D eigenvalue weighted by Crippen LogP contribution is 2.42. The first-order valence-electron chi connectivity index (χ1n) is 14.3. The van der Waals surface area contributed by atoms with Crippen LogP contribution in [0.3, 0.4) is 0 Å². The molecule has 2 aliphatic heterocycles. The Kier molecular flexibility index (Phi) is 9.67. The van der Waals surface area contributed by atoms with Crippen molar-refractivity contribution in [3.8, 4) is 0 Å². The smallest absolute Gasteiger partial charge is 0.417 e. The molecule has 0 spiro atoms. The van der Waals surface area contributed by atoms with Gasteiger partial charge in [-0.3, -0.25) is 4.90 Å². The number of halogens is 9. The van der Waals surface area contributed by atoms with Gasteiger partial charge in [0.1, 0.15) is 11.9 Å². The summed E-state index contributed by atoms with van der Waals surface area (Å²) in [7, 11) is 0. The quantitative estimate of drug-likeness (QED) is 0.275. The summed E-state index contributed by atoms with van der Waals surface area (Å²) >= 11 is 0. The molecule has 0 unspecified atom stereocenters. The van der Waals surface area contributed by atoms with E-state index in [4.69, 9.17) is 4.74 Å². The average molecular weight is 641 g/mol. The molecule has 2 fully saturated rings. The van der Waals surface area contributed by atoms with Crippen LogP contribution in [0.5, 0.6) is 0 Å². The molecule has 2 atom stereocenters. The van der Waals surface area contributed by atoms with Gasteiger partial charge in [0.25, 0.3) is 0 Å². The van der Waals surface area contributed by atoms with Gasteiger partial charge in [0, 0.05) is 37.4 Å². The average Bonchev–Trinajstić information content (AvgIpc) is 3.22. The Labute approximate surface area is 248 Å². The minimum Gasteiger partial charge on any atom is -0.439 e. The van der Waals surface area contributed by atoms with Gasteiger partial charge in [-0.15, -0.1) is 0 Å². The van der Waals surface area contributed by atoms with Crippen LogP contribution in [0.4, 0.5) is 50.1 Å². The molecular formula is C29H33F9N4O2. The lowest BCUT2D eigenvalue weighted by Crippen LogP contribution is -2.46. The second-order valence-electron chi connectivity index (χ2n) is 11.1. The Bertz CT molecular complexity index is 1290. The minimum absolute atomic E-state index is 0.0298. The third kappa shape index (κ3) is 7.35. The lowest BCUT2D eigenvalue weighted by molar-refractivity contribution is -0.143. The summed E-state index contributed by atoms with van der Waals surface area (Å²) in [6, 6.07) is 0.633. The van der Waals surface area contributed by atoms with Crippen molar-refractivity contribution >= 4 is 11.9 Å². The maximum atomic E-state index is 13.7. The zero-order chi connectivity index (χ0) is 32.6. The van der Waals surface area contributed by atoms with E-state index >= 15 is 0 Å². The van der Waals surface area contributed by atoms with Crippen molar-refractivity contribution in [1.29, 1.82) is 0 Å². The van der Waals surface area contributed by atoms with Crippen LogP contribution in [0.15, 0.2) is 30.5 Å². The molecule has 3 heterocycles. The molecule has 0 saturated carbocycles. The highest BCUT2D eigenvalue weighted by molar-refractivity contribution is 5.71. The van der Waals surface area contributed by atoms with Gasteiger partial charge < -0.3 is 14.5 Å². The number of pyridine rings is 1. The van der Waals surface area contributed by atoms with Crippen LogP contribution in [-0.4, -0.2) is 59.1 Å². The van der Waals surface area contributed by atoms with E-state index in [1.165, 1.54) is 6.92 Å². The first kappa shape index (κ1) is 33.7. The Morgan fingerprint density at radius 2 is 1.45 bits per heavy atom. The predicted molar refractivity (Wildman–Crippen MR) is 143 cm³/mol. The summed E-state index contributed by atoms with van der Waals surface area (Å²) in [6.45, 7) is 7.70. The summed E-state index contributed by atoms with van der Waals surface area (Å²) in [5, 5.41) is 0. The number of benzene rings is 1. The van der Waals surface area contributed by atoms with Crippen LogP contribution in [0, 0.1) is 0 Å². The van der Waals surface area contributed by atoms with Gasteiger partial charge in [0.15, 0.2) is 0 Å². The maximum absolute atomic E-state index is 13.7. The zero-order valence-corrected chi connectivity index (χ0v) is 24.3. The molecule has 6 nitrogen and oxygen atoms in total. The van der Waals surface area contributed by atoms with E-state index < -0.39 is 65.6 Å². The van der Waals surface area contributed by atoms with E-state index in [0.29, 0.717) is 24.9 Å². The number of aromatic nitrogens is 1. The summed E-state index contributed by atoms with van der Waals surface area (Å²) in [6.07, 6.45) is -14.5. The number of carbonyl (C=O) groups excluding carboxylic acids is 1. The highest BCUT2D eigenvalue weighted by atomic mass is 19.4. The largest absolute Gasteiger partial charge is 0.439 e. The van der Waals surface area contributed by atoms with Crippen LogP contribution in [-0.2, 0) is 29.8 Å². The van der Waals surface area contributed by atoms with E-state index in [9.17, 15) is 44.3 Å². The van der Waals surface area contributed by atoms with E-state index in [1.54, 1.807) is 0 Å². The summed E-state index contributed by atoms with van der Waals surface area (Å²) in [5.74, 6) is 0.219. The number of hydrogen-bond donors (Lipinski definition) is 0. The summed E-state index contributed by atoms with van der Waals surface area (Å²) in [4.78, 5) is 22.3. The van der Waals surface area contributed by atoms with Crippen molar-refractivity contribution in [1.82, 2.24) is 14.8 Å². The second-order valence-corrected chi connectivity index (χ2v) is 11.1. The lowest BCUT2D eigenvalue weighted by Gasteiger charge is -2.39. The second kappa shape index (κ2) is 12.6. The van der Waals surface area contributed by atoms with Gasteiger partial charge in [-0.05, 0) is 69.5 Å². The van der Waals surface area contributed by atoms with Gasteiger partial charge in [0.05, 0.1) is 29.3 Å². The molecule has 44 heavy (non-hydrogen) atoms. The van der Waals surface area contributed by atoms with Crippen LogP contribution >= 0.6 is 0 Å². The monoisotopic (exact) mass is 640 g/mol. The molecule has 1 amide bonds. The van der Waals surface area contributed by atoms with E-state index in [2.05, 4.69) is 16.8 Å². The number of rotatable bonds is 8. The predicted octanol–water partition coefficient (Wildman–Crippen LogP) is 7.92. The molecule has 1 aromatic carbocycles. The number of piperidine rings is 1. The van der Waals surface area contributed by atoms with Gasteiger partial charge >= 0.3 is 24.6 Å². The Balaban J connectivity index is 1.68. The van der Waals surface area contributed by atoms with Crippen molar-refractivity contribution in [3.05, 3.63) is 58.3 Å². The fourth-order valence-electron chi connectivity index (χ4n) is 5.87. The fraction of sp³-hybridized carbons (Fsp3) is 0.586. The molecule has 0 N–H and O–H groups in total. The number of anilines is 1. The van der Waals surface area contributed by atoms with Gasteiger partial charge in [-0.25, -0.2) is 9.78 Å². The van der Waals surface area contributed by atoms with E-state index in [-0.39, 0.29) is 23.5 Å². The number of likely N-dealkylation sites (tertiary alicyclic amines) is 1. The van der Waals surface area contributed by atoms with Gasteiger partial charge in [-0.1, -0.05) is 6.92 Å². The van der Waals surface area contributed by atoms with Crippen molar-refractivity contribution in [3.63, 3.8) is 0 Å². The van der Waals surface area contributed by atoms with Crippen molar-refractivity contribution in [2.75, 3.05) is 31.1 Å². The first-order valence-corrected chi connectivity index (χ1v) is 14.3. The Morgan fingerprint density at radius 3 is 1.95 bits per heavy atom. The zero-order valence-electron chi connectivity index (χ0n) is 24.3. The molecule has 2 saturated heterocycles. The maximum Gasteiger partial charge on any atom is 0.417 e. The Hall–Kier alpha value is -3.23. The number of nitrogens with zero attached hydrogens (tertiary/aromatic N) is 4. The normalized spacial score (nSPS) is 20.7. The summed E-state index contributed by atoms with van der Waals surface area (Å²) in [5.41, 5.74) is -4.71. The SMILES string of the molecule is CCCN1CCC(N(CC)c2ncc(C(F)(F)F)cc2CN2C(=O)O[C@H](c3cc(C(F)(F)F)cc(C(F)(F)F)c3)[C@@H]2C)CC1.